The molecule has 2 rings (SSSR count). The highest BCUT2D eigenvalue weighted by Crippen LogP contribution is 2.06. The van der Waals surface area contributed by atoms with Crippen LogP contribution in [0.3, 0.4) is 0 Å². The van der Waals surface area contributed by atoms with E-state index in [0.717, 1.165) is 0 Å². The largest absolute Gasteiger partial charge is 0.382 e. The molecule has 2 aromatic rings. The van der Waals surface area contributed by atoms with Gasteiger partial charge in [0.2, 0.25) is 5.69 Å². The van der Waals surface area contributed by atoms with E-state index in [9.17, 15) is 0 Å². The van der Waals surface area contributed by atoms with Crippen molar-refractivity contribution in [2.24, 2.45) is 11.5 Å². The van der Waals surface area contributed by atoms with Crippen LogP contribution in [0.2, 0.25) is 0 Å². The van der Waals surface area contributed by atoms with E-state index in [0.29, 0.717) is 11.4 Å². The van der Waals surface area contributed by atoms with Crippen molar-refractivity contribution in [3.8, 4) is 6.07 Å². The van der Waals surface area contributed by atoms with Crippen molar-refractivity contribution < 1.29 is 0 Å². The molecular weight excluding hydrogens is 280 g/mol. The van der Waals surface area contributed by atoms with Gasteiger partial charge in [0, 0.05) is 0 Å². The highest BCUT2D eigenvalue weighted by molar-refractivity contribution is 5.96. The number of nitriles is 1. The Kier molecular flexibility index (Phi) is 5.71. The fourth-order valence-corrected chi connectivity index (χ4v) is 1.28. The quantitative estimate of drug-likeness (QED) is 0.371. The molecule has 0 aliphatic heterocycles. The lowest BCUT2D eigenvalue weighted by atomic mass is 10.3. The molecule has 0 bridgehead atoms. The van der Waals surface area contributed by atoms with Crippen molar-refractivity contribution in [2.75, 3.05) is 0 Å². The van der Waals surface area contributed by atoms with Crippen LogP contribution in [-0.2, 0) is 0 Å². The predicted octanol–water partition coefficient (Wildman–Crippen LogP) is 1.15. The number of nitrogens with two attached hydrogens (primary N) is 2. The average Bonchev–Trinajstić information content (AvgIpc) is 2.55. The van der Waals surface area contributed by atoms with Gasteiger partial charge in [-0.2, -0.15) is 5.26 Å². The molecular formula is C14H12N8. The van der Waals surface area contributed by atoms with Gasteiger partial charge >= 0.3 is 0 Å². The molecule has 8 heteroatoms. The van der Waals surface area contributed by atoms with Crippen molar-refractivity contribution in [1.29, 1.82) is 16.1 Å². The van der Waals surface area contributed by atoms with Crippen LogP contribution in [0, 0.1) is 28.7 Å². The minimum absolute atomic E-state index is 0.127. The molecule has 0 aromatic carbocycles. The highest BCUT2D eigenvalue weighted by atomic mass is 14.9. The van der Waals surface area contributed by atoms with Crippen LogP contribution >= 0.6 is 0 Å². The smallest absolute Gasteiger partial charge is 0.270 e. The van der Waals surface area contributed by atoms with Crippen molar-refractivity contribution in [2.45, 2.75) is 0 Å². The minimum Gasteiger partial charge on any atom is -0.382 e. The average molecular weight is 292 g/mol. The molecule has 0 saturated carbocycles. The topological polar surface area (TPSA) is 154 Å². The Balaban J connectivity index is 0.000000224. The molecule has 6 N–H and O–H groups in total. The normalized spacial score (nSPS) is 8.64. The van der Waals surface area contributed by atoms with Gasteiger partial charge in [0.25, 0.3) is 5.82 Å². The molecule has 108 valence electrons. The Morgan fingerprint density at radius 3 is 2.05 bits per heavy atom. The fourth-order valence-electron chi connectivity index (χ4n) is 1.28. The van der Waals surface area contributed by atoms with E-state index >= 15 is 0 Å². The van der Waals surface area contributed by atoms with Crippen LogP contribution < -0.4 is 11.5 Å². The van der Waals surface area contributed by atoms with Gasteiger partial charge in [0.05, 0.1) is 0 Å². The third kappa shape index (κ3) is 4.72. The first-order valence-corrected chi connectivity index (χ1v) is 5.88. The molecule has 0 saturated heterocycles. The predicted molar refractivity (Wildman–Crippen MR) is 81.5 cm³/mol. The SMILES string of the molecule is N=C(N)c1cccc(C(=N)N)n1.[C-]#[N+]c1cccc(C#N)n1. The van der Waals surface area contributed by atoms with Crippen LogP contribution in [0.4, 0.5) is 5.82 Å². The van der Waals surface area contributed by atoms with E-state index in [4.69, 9.17) is 34.1 Å². The Labute approximate surface area is 126 Å². The minimum atomic E-state index is -0.127. The first kappa shape index (κ1) is 16.3. The fraction of sp³-hybridized carbons (Fsp3) is 0. The number of hydrogen-bond donors (Lipinski definition) is 4. The number of rotatable bonds is 2. The molecule has 0 atom stereocenters. The van der Waals surface area contributed by atoms with Gasteiger partial charge < -0.3 is 16.3 Å². The van der Waals surface area contributed by atoms with E-state index in [1.54, 1.807) is 36.4 Å². The molecule has 0 radical (unpaired) electrons. The van der Waals surface area contributed by atoms with Crippen molar-refractivity contribution >= 4 is 17.5 Å². The number of nitrogens with one attached hydrogen (secondary N) is 2. The van der Waals surface area contributed by atoms with E-state index in [-0.39, 0.29) is 23.2 Å². The summed E-state index contributed by atoms with van der Waals surface area (Å²) < 4.78 is 0. The third-order valence-electron chi connectivity index (χ3n) is 2.26. The second kappa shape index (κ2) is 7.72. The van der Waals surface area contributed by atoms with Crippen LogP contribution in [0.25, 0.3) is 4.85 Å². The number of nitrogens with zero attached hydrogens (tertiary/aromatic N) is 4. The Morgan fingerprint density at radius 2 is 1.59 bits per heavy atom. The summed E-state index contributed by atoms with van der Waals surface area (Å²) in [6, 6.07) is 11.4. The van der Waals surface area contributed by atoms with Crippen LogP contribution in [-0.4, -0.2) is 21.6 Å². The maximum absolute atomic E-state index is 8.34. The standard InChI is InChI=1S/C7H9N5.C7H3N3/c8-6(9)4-2-1-3-5(12-4)7(10)11;1-9-7-4-2-3-6(5-8)10-7/h1-3H,(H3,8,9)(H3,10,11);2-4H. The Bertz CT molecular complexity index is 723. The molecule has 0 aliphatic rings. The third-order valence-corrected chi connectivity index (χ3v) is 2.26. The van der Waals surface area contributed by atoms with E-state index in [1.165, 1.54) is 0 Å². The van der Waals surface area contributed by atoms with Gasteiger partial charge in [0.1, 0.15) is 29.1 Å². The lowest BCUT2D eigenvalue weighted by Crippen LogP contribution is -2.18. The zero-order valence-corrected chi connectivity index (χ0v) is 11.4. The highest BCUT2D eigenvalue weighted by Gasteiger charge is 2.01. The molecule has 0 fully saturated rings. The summed E-state index contributed by atoms with van der Waals surface area (Å²) in [6.07, 6.45) is 0. The monoisotopic (exact) mass is 292 g/mol. The summed E-state index contributed by atoms with van der Waals surface area (Å²) in [7, 11) is 0. The van der Waals surface area contributed by atoms with Gasteiger partial charge in [-0.05, 0) is 24.3 Å². The van der Waals surface area contributed by atoms with E-state index < -0.39 is 0 Å². The molecule has 0 spiro atoms. The Morgan fingerprint density at radius 1 is 1.05 bits per heavy atom. The van der Waals surface area contributed by atoms with Crippen LogP contribution in [0.15, 0.2) is 36.4 Å². The Hall–Kier alpha value is -3.78. The molecule has 0 unspecified atom stereocenters. The summed E-state index contributed by atoms with van der Waals surface area (Å²) in [5.74, 6) is 0.00949. The molecule has 2 heterocycles. The maximum Gasteiger partial charge on any atom is 0.270 e. The van der Waals surface area contributed by atoms with Gasteiger partial charge in [-0.25, -0.2) is 4.98 Å². The first-order valence-electron chi connectivity index (χ1n) is 5.88. The summed E-state index contributed by atoms with van der Waals surface area (Å²) >= 11 is 0. The maximum atomic E-state index is 8.34. The summed E-state index contributed by atoms with van der Waals surface area (Å²) in [6.45, 7) is 6.57. The van der Waals surface area contributed by atoms with Gasteiger partial charge in [-0.3, -0.25) is 10.8 Å². The molecule has 8 nitrogen and oxygen atoms in total. The summed E-state index contributed by atoms with van der Waals surface area (Å²) in [5.41, 5.74) is 11.3. The number of hydrogen-bond acceptors (Lipinski definition) is 5. The molecule has 2 aromatic heterocycles. The number of amidine groups is 2. The zero-order valence-electron chi connectivity index (χ0n) is 11.4. The molecule has 0 aliphatic carbocycles. The summed E-state index contributed by atoms with van der Waals surface area (Å²) in [5, 5.41) is 22.5. The first-order chi connectivity index (χ1) is 10.5. The van der Waals surface area contributed by atoms with E-state index in [2.05, 4.69) is 14.8 Å². The van der Waals surface area contributed by atoms with Crippen molar-refractivity contribution in [3.63, 3.8) is 0 Å². The van der Waals surface area contributed by atoms with E-state index in [1.807, 2.05) is 6.07 Å². The second-order valence-corrected chi connectivity index (χ2v) is 3.84. The van der Waals surface area contributed by atoms with Crippen molar-refractivity contribution in [1.82, 2.24) is 9.97 Å². The summed E-state index contributed by atoms with van der Waals surface area (Å²) in [4.78, 5) is 10.6. The number of nitrogen functional groups attached to an aromatic ring is 2. The zero-order chi connectivity index (χ0) is 16.5. The van der Waals surface area contributed by atoms with Gasteiger partial charge in [0.15, 0.2) is 0 Å². The second-order valence-electron chi connectivity index (χ2n) is 3.84. The molecule has 22 heavy (non-hydrogen) atoms. The van der Waals surface area contributed by atoms with Crippen molar-refractivity contribution in [3.05, 3.63) is 64.9 Å². The molecule has 0 amide bonds. The number of pyridine rings is 2. The van der Waals surface area contributed by atoms with Gasteiger partial charge in [-0.15, -0.1) is 4.98 Å². The van der Waals surface area contributed by atoms with Gasteiger partial charge in [-0.1, -0.05) is 18.7 Å². The number of aromatic nitrogens is 2. The van der Waals surface area contributed by atoms with Crippen LogP contribution in [0.5, 0.6) is 0 Å². The lowest BCUT2D eigenvalue weighted by molar-refractivity contribution is 1.21. The van der Waals surface area contributed by atoms with Crippen LogP contribution in [0.1, 0.15) is 17.1 Å². The lowest BCUT2D eigenvalue weighted by Gasteiger charge is -1.99.